The number of thiazole rings is 1. The van der Waals surface area contributed by atoms with Crippen LogP contribution in [0.5, 0.6) is 0 Å². The summed E-state index contributed by atoms with van der Waals surface area (Å²) >= 11 is 3.13. The lowest BCUT2D eigenvalue weighted by molar-refractivity contribution is 1.29. The van der Waals surface area contributed by atoms with E-state index in [9.17, 15) is 5.48 Å². The van der Waals surface area contributed by atoms with Crippen molar-refractivity contribution in [3.63, 3.8) is 0 Å². The van der Waals surface area contributed by atoms with Crippen LogP contribution in [0.4, 0.5) is 17.1 Å². The van der Waals surface area contributed by atoms with Crippen LogP contribution in [0.25, 0.3) is 74.3 Å². The largest absolute Gasteiger partial charge is 0.310 e. The summed E-state index contributed by atoms with van der Waals surface area (Å²) in [7, 11) is 0. The average Bonchev–Trinajstić information content (AvgIpc) is 3.85. The zero-order chi connectivity index (χ0) is 34.4. The van der Waals surface area contributed by atoms with E-state index in [1.54, 1.807) is 11.3 Å². The van der Waals surface area contributed by atoms with E-state index in [0.717, 1.165) is 59.7 Å². The van der Waals surface area contributed by atoms with Crippen molar-refractivity contribution in [3.05, 3.63) is 158 Å². The predicted molar refractivity (Wildman–Crippen MR) is 202 cm³/mol. The van der Waals surface area contributed by atoms with Crippen LogP contribution >= 0.6 is 22.7 Å². The van der Waals surface area contributed by atoms with E-state index in [0.29, 0.717) is 5.01 Å². The third kappa shape index (κ3) is 4.26. The number of hydrogen-bond acceptors (Lipinski definition) is 4. The standard InChI is InChI=1S/C43H26N2S2/c1-2-8-27(9-3-1)28-16-20-31(21-17-28)45(33-24-25-35-34-12-4-5-15-38(34)46-39(35)26-33)32-22-18-30(19-23-32)43-44-41-36-13-6-10-29-11-7-14-37(40(29)36)42(41)47-43/h1-26H/i18D,19D,22D,23D. The molecule has 0 aliphatic heterocycles. The third-order valence-corrected chi connectivity index (χ3v) is 11.2. The number of benzene rings is 7. The lowest BCUT2D eigenvalue weighted by Crippen LogP contribution is -2.09. The number of rotatable bonds is 5. The highest BCUT2D eigenvalue weighted by atomic mass is 32.1. The fourth-order valence-electron chi connectivity index (χ4n) is 6.74. The Hall–Kier alpha value is -5.55. The van der Waals surface area contributed by atoms with Gasteiger partial charge in [0, 0.05) is 53.9 Å². The van der Waals surface area contributed by atoms with Gasteiger partial charge >= 0.3 is 0 Å². The van der Waals surface area contributed by atoms with Gasteiger partial charge in [-0.1, -0.05) is 103 Å². The van der Waals surface area contributed by atoms with E-state index in [-0.39, 0.29) is 35.4 Å². The molecule has 47 heavy (non-hydrogen) atoms. The molecule has 2 aromatic heterocycles. The minimum absolute atomic E-state index is 0.112. The van der Waals surface area contributed by atoms with Crippen LogP contribution in [-0.2, 0) is 0 Å². The molecule has 220 valence electrons. The molecule has 0 radical (unpaired) electrons. The zero-order valence-electron chi connectivity index (χ0n) is 28.9. The van der Waals surface area contributed by atoms with Gasteiger partial charge in [-0.2, -0.15) is 0 Å². The van der Waals surface area contributed by atoms with Crippen LogP contribution in [0, 0.1) is 0 Å². The van der Waals surface area contributed by atoms with Gasteiger partial charge in [-0.15, -0.1) is 22.7 Å². The molecule has 2 heterocycles. The molecule has 7 aromatic carbocycles. The van der Waals surface area contributed by atoms with Crippen LogP contribution in [-0.4, -0.2) is 4.98 Å². The molecule has 0 unspecified atom stereocenters. The van der Waals surface area contributed by atoms with Gasteiger partial charge < -0.3 is 4.90 Å². The molecular formula is C43H26N2S2. The number of fused-ring (bicyclic) bond motifs is 6. The monoisotopic (exact) mass is 638 g/mol. The molecule has 0 saturated heterocycles. The van der Waals surface area contributed by atoms with Crippen molar-refractivity contribution in [1.29, 1.82) is 0 Å². The van der Waals surface area contributed by atoms with Crippen LogP contribution in [0.3, 0.4) is 0 Å². The lowest BCUT2D eigenvalue weighted by Gasteiger charge is -2.26. The Morgan fingerprint density at radius 3 is 2.04 bits per heavy atom. The highest BCUT2D eigenvalue weighted by molar-refractivity contribution is 7.25. The maximum absolute atomic E-state index is 9.46. The first-order chi connectivity index (χ1) is 25.0. The average molecular weight is 639 g/mol. The summed E-state index contributed by atoms with van der Waals surface area (Å²) in [5, 5.41) is 5.13. The highest BCUT2D eigenvalue weighted by Crippen LogP contribution is 2.51. The Kier molecular flexibility index (Phi) is 5.11. The Balaban J connectivity index is 1.15. The maximum Gasteiger partial charge on any atom is 0.124 e. The van der Waals surface area contributed by atoms with Crippen LogP contribution in [0.1, 0.15) is 5.48 Å². The van der Waals surface area contributed by atoms with Crippen molar-refractivity contribution in [1.82, 2.24) is 4.98 Å². The summed E-state index contributed by atoms with van der Waals surface area (Å²) in [6, 6.07) is 44.7. The van der Waals surface area contributed by atoms with E-state index < -0.39 is 0 Å². The van der Waals surface area contributed by atoms with Crippen molar-refractivity contribution >= 4 is 70.7 Å². The van der Waals surface area contributed by atoms with E-state index in [2.05, 4.69) is 60.7 Å². The van der Waals surface area contributed by atoms with Gasteiger partial charge in [0.25, 0.3) is 0 Å². The molecule has 1 aliphatic rings. The SMILES string of the molecule is [2H]c1c([2H])c(N(c2ccc(-c3ccccc3)cc2)c2ccc3c(c2)sc2ccccc23)c([2H])c([2H])c1-c1nc2c(s1)-c1cccc3cccc-2c13. The van der Waals surface area contributed by atoms with Gasteiger partial charge in [0.1, 0.15) is 5.01 Å². The fraction of sp³-hybridized carbons (Fsp3) is 0. The van der Waals surface area contributed by atoms with Crippen molar-refractivity contribution in [2.75, 3.05) is 4.90 Å². The first-order valence-electron chi connectivity index (χ1n) is 17.5. The highest BCUT2D eigenvalue weighted by Gasteiger charge is 2.26. The number of anilines is 3. The van der Waals surface area contributed by atoms with Crippen LogP contribution < -0.4 is 4.90 Å². The summed E-state index contributed by atoms with van der Waals surface area (Å²) in [6.45, 7) is 0. The molecule has 0 N–H and O–H groups in total. The van der Waals surface area contributed by atoms with Crippen molar-refractivity contribution in [3.8, 4) is 43.4 Å². The van der Waals surface area contributed by atoms with Crippen molar-refractivity contribution in [2.45, 2.75) is 0 Å². The van der Waals surface area contributed by atoms with Gasteiger partial charge in [-0.05, 0) is 76.4 Å². The minimum Gasteiger partial charge on any atom is -0.310 e. The fourth-order valence-corrected chi connectivity index (χ4v) is 8.94. The first-order valence-corrected chi connectivity index (χ1v) is 17.1. The lowest BCUT2D eigenvalue weighted by atomic mass is 10.0. The molecule has 0 spiro atoms. The summed E-state index contributed by atoms with van der Waals surface area (Å²) in [6.07, 6.45) is 0. The molecule has 1 aliphatic carbocycles. The van der Waals surface area contributed by atoms with E-state index in [4.69, 9.17) is 4.98 Å². The van der Waals surface area contributed by atoms with E-state index >= 15 is 0 Å². The first kappa shape index (κ1) is 22.9. The van der Waals surface area contributed by atoms with Gasteiger partial charge in [0.15, 0.2) is 0 Å². The Morgan fingerprint density at radius 2 is 1.21 bits per heavy atom. The zero-order valence-corrected chi connectivity index (χ0v) is 26.5. The molecule has 0 fully saturated rings. The van der Waals surface area contributed by atoms with E-state index in [1.807, 2.05) is 77.7 Å². The topological polar surface area (TPSA) is 16.1 Å². The van der Waals surface area contributed by atoms with Gasteiger partial charge in [-0.25, -0.2) is 4.98 Å². The molecule has 0 saturated carbocycles. The quantitative estimate of drug-likeness (QED) is 0.186. The number of aromatic nitrogens is 1. The Labute approximate surface area is 286 Å². The second-order valence-corrected chi connectivity index (χ2v) is 13.7. The Morgan fingerprint density at radius 1 is 0.511 bits per heavy atom. The second kappa shape index (κ2) is 10.5. The summed E-state index contributed by atoms with van der Waals surface area (Å²) in [4.78, 5) is 7.85. The third-order valence-electron chi connectivity index (χ3n) is 8.93. The molecular weight excluding hydrogens is 609 g/mol. The molecule has 4 heteroatoms. The smallest absolute Gasteiger partial charge is 0.124 e. The predicted octanol–water partition coefficient (Wildman–Crippen LogP) is 13.1. The number of hydrogen-bond donors (Lipinski definition) is 0. The summed E-state index contributed by atoms with van der Waals surface area (Å²) < 4.78 is 39.9. The molecule has 10 rings (SSSR count). The minimum atomic E-state index is -0.118. The summed E-state index contributed by atoms with van der Waals surface area (Å²) in [5.41, 5.74) is 7.00. The van der Waals surface area contributed by atoms with Crippen LogP contribution in [0.2, 0.25) is 0 Å². The van der Waals surface area contributed by atoms with Crippen molar-refractivity contribution in [2.24, 2.45) is 0 Å². The Bertz CT molecular complexity index is 2770. The second-order valence-electron chi connectivity index (χ2n) is 11.7. The van der Waals surface area contributed by atoms with Gasteiger partial charge in [-0.3, -0.25) is 0 Å². The number of thiophene rings is 1. The van der Waals surface area contributed by atoms with Crippen molar-refractivity contribution < 1.29 is 5.48 Å². The summed E-state index contributed by atoms with van der Waals surface area (Å²) in [5.74, 6) is 0. The van der Waals surface area contributed by atoms with Gasteiger partial charge in [0.05, 0.1) is 16.1 Å². The molecule has 9 aromatic rings. The number of nitrogens with zero attached hydrogens (tertiary/aromatic N) is 2. The molecule has 0 bridgehead atoms. The normalized spacial score (nSPS) is 13.0. The molecule has 0 atom stereocenters. The van der Waals surface area contributed by atoms with Crippen LogP contribution in [0.15, 0.2) is 158 Å². The maximum atomic E-state index is 9.46. The van der Waals surface area contributed by atoms with E-state index in [1.165, 1.54) is 26.8 Å². The molecule has 0 amide bonds. The molecule has 2 nitrogen and oxygen atoms in total. The van der Waals surface area contributed by atoms with Gasteiger partial charge in [0.2, 0.25) is 0 Å².